The van der Waals surface area contributed by atoms with Gasteiger partial charge in [-0.2, -0.15) is 0 Å². The summed E-state index contributed by atoms with van der Waals surface area (Å²) in [5.74, 6) is -1.50. The van der Waals surface area contributed by atoms with Crippen LogP contribution in [-0.4, -0.2) is 6.54 Å². The van der Waals surface area contributed by atoms with Crippen molar-refractivity contribution in [3.8, 4) is 0 Å². The Morgan fingerprint density at radius 1 is 1.35 bits per heavy atom. The third-order valence-corrected chi connectivity index (χ3v) is 3.94. The molecule has 17 heavy (non-hydrogen) atoms. The number of hydrogen-bond donors (Lipinski definition) is 1. The molecule has 1 aromatic rings. The van der Waals surface area contributed by atoms with Gasteiger partial charge in [0.1, 0.15) is 0 Å². The molecule has 0 heterocycles. The first-order valence-corrected chi connectivity index (χ1v) is 6.25. The van der Waals surface area contributed by atoms with Crippen molar-refractivity contribution in [2.45, 2.75) is 39.2 Å². The van der Waals surface area contributed by atoms with Crippen molar-refractivity contribution < 1.29 is 8.78 Å². The molecule has 3 heteroatoms. The standard InChI is InChI=1S/C14H19F2N/c1-3-14(7-8-14)9-17-10(2)11-5-4-6-12(15)13(11)16/h4-6,10,17H,3,7-9H2,1-2H3. The molecule has 1 aliphatic carbocycles. The summed E-state index contributed by atoms with van der Waals surface area (Å²) in [6.45, 7) is 4.95. The average molecular weight is 239 g/mol. The van der Waals surface area contributed by atoms with Crippen LogP contribution in [0.3, 0.4) is 0 Å². The topological polar surface area (TPSA) is 12.0 Å². The maximum Gasteiger partial charge on any atom is 0.163 e. The van der Waals surface area contributed by atoms with Crippen LogP contribution in [0, 0.1) is 17.0 Å². The van der Waals surface area contributed by atoms with E-state index in [1.54, 1.807) is 12.1 Å². The Hall–Kier alpha value is -0.960. The van der Waals surface area contributed by atoms with E-state index in [0.29, 0.717) is 11.0 Å². The Morgan fingerprint density at radius 3 is 2.65 bits per heavy atom. The van der Waals surface area contributed by atoms with Gasteiger partial charge < -0.3 is 5.32 Å². The van der Waals surface area contributed by atoms with Crippen LogP contribution in [-0.2, 0) is 0 Å². The highest BCUT2D eigenvalue weighted by Gasteiger charge is 2.40. The Labute approximate surface area is 101 Å². The van der Waals surface area contributed by atoms with E-state index >= 15 is 0 Å². The van der Waals surface area contributed by atoms with Gasteiger partial charge in [-0.15, -0.1) is 0 Å². The van der Waals surface area contributed by atoms with Gasteiger partial charge in [-0.25, -0.2) is 8.78 Å². The summed E-state index contributed by atoms with van der Waals surface area (Å²) in [4.78, 5) is 0. The largest absolute Gasteiger partial charge is 0.310 e. The molecule has 0 spiro atoms. The molecule has 1 nitrogen and oxygen atoms in total. The smallest absolute Gasteiger partial charge is 0.163 e. The second-order valence-corrected chi connectivity index (χ2v) is 5.10. The lowest BCUT2D eigenvalue weighted by Gasteiger charge is -2.19. The van der Waals surface area contributed by atoms with Gasteiger partial charge in [-0.3, -0.25) is 0 Å². The third-order valence-electron chi connectivity index (χ3n) is 3.94. The number of nitrogens with one attached hydrogen (secondary N) is 1. The van der Waals surface area contributed by atoms with E-state index in [2.05, 4.69) is 12.2 Å². The monoisotopic (exact) mass is 239 g/mol. The van der Waals surface area contributed by atoms with Crippen LogP contribution in [0.25, 0.3) is 0 Å². The maximum absolute atomic E-state index is 13.6. The number of hydrogen-bond acceptors (Lipinski definition) is 1. The van der Waals surface area contributed by atoms with E-state index in [0.717, 1.165) is 19.0 Å². The molecule has 1 unspecified atom stereocenters. The maximum atomic E-state index is 13.6. The Balaban J connectivity index is 2.00. The van der Waals surface area contributed by atoms with Gasteiger partial charge in [0, 0.05) is 18.2 Å². The minimum atomic E-state index is -0.771. The first-order chi connectivity index (χ1) is 8.08. The molecule has 1 saturated carbocycles. The molecule has 0 bridgehead atoms. The quantitative estimate of drug-likeness (QED) is 0.824. The Morgan fingerprint density at radius 2 is 2.06 bits per heavy atom. The van der Waals surface area contributed by atoms with Gasteiger partial charge >= 0.3 is 0 Å². The fourth-order valence-electron chi connectivity index (χ4n) is 2.17. The highest BCUT2D eigenvalue weighted by molar-refractivity contribution is 5.22. The van der Waals surface area contributed by atoms with Crippen LogP contribution < -0.4 is 5.32 Å². The summed E-state index contributed by atoms with van der Waals surface area (Å²) in [5.41, 5.74) is 0.829. The Bertz CT molecular complexity index is 399. The van der Waals surface area contributed by atoms with Gasteiger partial charge in [0.15, 0.2) is 11.6 Å². The van der Waals surface area contributed by atoms with Crippen LogP contribution in [0.1, 0.15) is 44.7 Å². The lowest BCUT2D eigenvalue weighted by atomic mass is 10.0. The molecular formula is C14H19F2N. The van der Waals surface area contributed by atoms with Crippen molar-refractivity contribution in [3.63, 3.8) is 0 Å². The molecule has 1 atom stereocenters. The summed E-state index contributed by atoms with van der Waals surface area (Å²) in [7, 11) is 0. The van der Waals surface area contributed by atoms with Crippen LogP contribution in [0.15, 0.2) is 18.2 Å². The van der Waals surface area contributed by atoms with Gasteiger partial charge in [0.25, 0.3) is 0 Å². The van der Waals surface area contributed by atoms with E-state index in [4.69, 9.17) is 0 Å². The molecule has 94 valence electrons. The fraction of sp³-hybridized carbons (Fsp3) is 0.571. The lowest BCUT2D eigenvalue weighted by Crippen LogP contribution is -2.27. The zero-order valence-corrected chi connectivity index (χ0v) is 10.4. The van der Waals surface area contributed by atoms with Gasteiger partial charge in [0.05, 0.1) is 0 Å². The third kappa shape index (κ3) is 2.65. The molecule has 0 amide bonds. The summed E-state index contributed by atoms with van der Waals surface area (Å²) in [6.07, 6.45) is 3.64. The molecule has 1 fully saturated rings. The van der Waals surface area contributed by atoms with Gasteiger partial charge in [-0.05, 0) is 37.7 Å². The van der Waals surface area contributed by atoms with Crippen molar-refractivity contribution in [2.75, 3.05) is 6.54 Å². The molecule has 0 aliphatic heterocycles. The summed E-state index contributed by atoms with van der Waals surface area (Å²) in [6, 6.07) is 4.20. The molecule has 1 N–H and O–H groups in total. The normalized spacial score (nSPS) is 19.1. The fourth-order valence-corrected chi connectivity index (χ4v) is 2.17. The van der Waals surface area contributed by atoms with E-state index < -0.39 is 11.6 Å². The molecule has 1 aromatic carbocycles. The first kappa shape index (κ1) is 12.5. The lowest BCUT2D eigenvalue weighted by molar-refractivity contribution is 0.404. The van der Waals surface area contributed by atoms with E-state index in [9.17, 15) is 8.78 Å². The zero-order chi connectivity index (χ0) is 12.5. The molecule has 2 rings (SSSR count). The second-order valence-electron chi connectivity index (χ2n) is 5.10. The SMILES string of the molecule is CCC1(CNC(C)c2cccc(F)c2F)CC1. The highest BCUT2D eigenvalue weighted by atomic mass is 19.2. The molecule has 0 aromatic heterocycles. The van der Waals surface area contributed by atoms with Crippen molar-refractivity contribution >= 4 is 0 Å². The van der Waals surface area contributed by atoms with E-state index in [1.807, 2.05) is 6.92 Å². The molecular weight excluding hydrogens is 220 g/mol. The average Bonchev–Trinajstić information content (AvgIpc) is 3.10. The predicted molar refractivity (Wildman–Crippen MR) is 64.7 cm³/mol. The summed E-state index contributed by atoms with van der Waals surface area (Å²) >= 11 is 0. The minimum absolute atomic E-state index is 0.144. The predicted octanol–water partition coefficient (Wildman–Crippen LogP) is 3.81. The first-order valence-electron chi connectivity index (χ1n) is 6.25. The number of benzene rings is 1. The number of rotatable bonds is 5. The molecule has 0 saturated heterocycles. The van der Waals surface area contributed by atoms with Crippen molar-refractivity contribution in [3.05, 3.63) is 35.4 Å². The Kier molecular flexibility index (Phi) is 3.48. The van der Waals surface area contributed by atoms with Crippen molar-refractivity contribution in [2.24, 2.45) is 5.41 Å². The van der Waals surface area contributed by atoms with Crippen molar-refractivity contribution in [1.82, 2.24) is 5.32 Å². The molecule has 1 aliphatic rings. The van der Waals surface area contributed by atoms with Gasteiger partial charge in [-0.1, -0.05) is 19.1 Å². The second kappa shape index (κ2) is 4.73. The van der Waals surface area contributed by atoms with E-state index in [-0.39, 0.29) is 6.04 Å². The number of halogens is 2. The summed E-state index contributed by atoms with van der Waals surface area (Å²) < 4.78 is 26.6. The van der Waals surface area contributed by atoms with Crippen LogP contribution in [0.5, 0.6) is 0 Å². The molecule has 0 radical (unpaired) electrons. The van der Waals surface area contributed by atoms with Crippen LogP contribution in [0.4, 0.5) is 8.78 Å². The highest BCUT2D eigenvalue weighted by Crippen LogP contribution is 2.48. The van der Waals surface area contributed by atoms with Crippen LogP contribution in [0.2, 0.25) is 0 Å². The summed E-state index contributed by atoms with van der Waals surface area (Å²) in [5, 5.41) is 3.31. The van der Waals surface area contributed by atoms with Crippen molar-refractivity contribution in [1.29, 1.82) is 0 Å². The van der Waals surface area contributed by atoms with Gasteiger partial charge in [0.2, 0.25) is 0 Å². The minimum Gasteiger partial charge on any atom is -0.310 e. The van der Waals surface area contributed by atoms with E-state index in [1.165, 1.54) is 12.8 Å². The zero-order valence-electron chi connectivity index (χ0n) is 10.4. The van der Waals surface area contributed by atoms with Crippen LogP contribution >= 0.6 is 0 Å².